The topological polar surface area (TPSA) is 71.4 Å². The van der Waals surface area contributed by atoms with Gasteiger partial charge in [0.15, 0.2) is 0 Å². The first-order valence-electron chi connectivity index (χ1n) is 16.0. The van der Waals surface area contributed by atoms with Gasteiger partial charge in [0.25, 0.3) is 0 Å². The molecule has 0 bridgehead atoms. The van der Waals surface area contributed by atoms with Gasteiger partial charge < -0.3 is 19.3 Å². The minimum Gasteiger partial charge on any atom is -0.459 e. The Labute approximate surface area is 262 Å². The normalized spacial score (nSPS) is 19.0. The van der Waals surface area contributed by atoms with Crippen molar-refractivity contribution in [3.63, 3.8) is 0 Å². The third kappa shape index (κ3) is 5.81. The fourth-order valence-electron chi connectivity index (χ4n) is 6.39. The molecule has 2 unspecified atom stereocenters. The highest BCUT2D eigenvalue weighted by atomic mass is 16.5. The van der Waals surface area contributed by atoms with Crippen molar-refractivity contribution in [2.24, 2.45) is 16.3 Å². The Balaban J connectivity index is 1.39. The maximum absolute atomic E-state index is 12.8. The van der Waals surface area contributed by atoms with E-state index < -0.39 is 11.7 Å². The molecular formula is C37H47N3O4. The molecule has 0 N–H and O–H groups in total. The van der Waals surface area contributed by atoms with E-state index in [0.29, 0.717) is 36.2 Å². The molecule has 3 aromatic rings. The van der Waals surface area contributed by atoms with Crippen LogP contribution in [0.1, 0.15) is 80.2 Å². The van der Waals surface area contributed by atoms with E-state index in [1.807, 2.05) is 42.3 Å². The lowest BCUT2D eigenvalue weighted by Crippen LogP contribution is -2.63. The molecule has 7 nitrogen and oxygen atoms in total. The van der Waals surface area contributed by atoms with Gasteiger partial charge in [0.2, 0.25) is 11.6 Å². The second-order valence-corrected chi connectivity index (χ2v) is 14.1. The van der Waals surface area contributed by atoms with Gasteiger partial charge in [-0.15, -0.1) is 0 Å². The standard InChI is InChI=1S/C37H47N3O4/c1-9-25(3)22-39(10-2)32(41)19-20-33(42)43-27-17-15-26-16-18-31-34(28(26)21-27)38-23-37(44-31)36(7,8)29-13-11-12-14-30(29)40(37)24-35(4,5)6/h11-18,21,23,25H,9-10,19-20,22,24H2,1-8H3. The van der Waals surface area contributed by atoms with E-state index in [9.17, 15) is 9.59 Å². The second-order valence-electron chi connectivity index (χ2n) is 14.1. The highest BCUT2D eigenvalue weighted by Gasteiger charge is 2.60. The van der Waals surface area contributed by atoms with Crippen LogP contribution in [0.4, 0.5) is 11.4 Å². The molecular weight excluding hydrogens is 550 g/mol. The molecule has 2 aliphatic heterocycles. The first kappa shape index (κ1) is 31.6. The van der Waals surface area contributed by atoms with Gasteiger partial charge in [0.05, 0.1) is 18.1 Å². The molecule has 1 amide bonds. The molecule has 0 saturated carbocycles. The predicted molar refractivity (Wildman–Crippen MR) is 178 cm³/mol. The minimum absolute atomic E-state index is 0.0183. The number of ether oxygens (including phenoxy) is 2. The maximum atomic E-state index is 12.8. The number of rotatable bonds is 9. The molecule has 0 aromatic heterocycles. The number of carbonyl (C=O) groups excluding carboxylic acids is 2. The number of nitrogens with zero attached hydrogens (tertiary/aromatic N) is 3. The number of para-hydroxylation sites is 1. The second kappa shape index (κ2) is 11.9. The molecule has 2 atom stereocenters. The van der Waals surface area contributed by atoms with Gasteiger partial charge in [0, 0.05) is 37.1 Å². The van der Waals surface area contributed by atoms with Crippen LogP contribution in [0.3, 0.4) is 0 Å². The lowest BCUT2D eigenvalue weighted by molar-refractivity contribution is -0.139. The number of hydrogen-bond donors (Lipinski definition) is 0. The highest BCUT2D eigenvalue weighted by molar-refractivity contribution is 6.00. The Bertz CT molecular complexity index is 1590. The number of hydrogen-bond acceptors (Lipinski definition) is 6. The number of carbonyl (C=O) groups is 2. The Morgan fingerprint density at radius 2 is 1.77 bits per heavy atom. The smallest absolute Gasteiger partial charge is 0.311 e. The first-order chi connectivity index (χ1) is 20.8. The summed E-state index contributed by atoms with van der Waals surface area (Å²) in [5.74, 6) is 1.09. The number of aliphatic imine (C=N–C) groups is 1. The van der Waals surface area contributed by atoms with Crippen molar-refractivity contribution in [3.8, 4) is 11.5 Å². The SMILES string of the molecule is CCC(C)CN(CC)C(=O)CCC(=O)Oc1ccc2ccc3c(c2c1)N=CC1(O3)N(CC(C)(C)C)c2ccccc2C1(C)C. The van der Waals surface area contributed by atoms with Gasteiger partial charge >= 0.3 is 5.97 Å². The number of benzene rings is 3. The summed E-state index contributed by atoms with van der Waals surface area (Å²) >= 11 is 0. The zero-order valence-corrected chi connectivity index (χ0v) is 27.6. The average molecular weight is 598 g/mol. The Morgan fingerprint density at radius 3 is 2.48 bits per heavy atom. The van der Waals surface area contributed by atoms with E-state index in [0.717, 1.165) is 29.4 Å². The van der Waals surface area contributed by atoms with Crippen molar-refractivity contribution in [2.45, 2.75) is 85.8 Å². The average Bonchev–Trinajstić information content (AvgIpc) is 3.15. The molecule has 2 heterocycles. The minimum atomic E-state index is -0.803. The van der Waals surface area contributed by atoms with Crippen LogP contribution < -0.4 is 14.4 Å². The fraction of sp³-hybridized carbons (Fsp3) is 0.486. The lowest BCUT2D eigenvalue weighted by Gasteiger charge is -2.48. The number of amides is 1. The van der Waals surface area contributed by atoms with Crippen LogP contribution in [0, 0.1) is 11.3 Å². The van der Waals surface area contributed by atoms with Gasteiger partial charge in [-0.1, -0.05) is 71.4 Å². The molecule has 0 radical (unpaired) electrons. The number of anilines is 1. The van der Waals surface area contributed by atoms with E-state index in [1.165, 1.54) is 5.56 Å². The van der Waals surface area contributed by atoms with E-state index in [1.54, 1.807) is 6.07 Å². The molecule has 0 aliphatic carbocycles. The lowest BCUT2D eigenvalue weighted by atomic mass is 9.77. The molecule has 2 aliphatic rings. The summed E-state index contributed by atoms with van der Waals surface area (Å²) in [4.78, 5) is 34.8. The van der Waals surface area contributed by atoms with E-state index in [4.69, 9.17) is 14.5 Å². The van der Waals surface area contributed by atoms with Crippen LogP contribution in [0.5, 0.6) is 11.5 Å². The molecule has 0 saturated heterocycles. The largest absolute Gasteiger partial charge is 0.459 e. The van der Waals surface area contributed by atoms with E-state index in [2.05, 4.69) is 77.6 Å². The van der Waals surface area contributed by atoms with Crippen LogP contribution in [-0.2, 0) is 15.0 Å². The summed E-state index contributed by atoms with van der Waals surface area (Å²) in [7, 11) is 0. The van der Waals surface area contributed by atoms with Crippen molar-refractivity contribution in [3.05, 3.63) is 60.2 Å². The van der Waals surface area contributed by atoms with Crippen LogP contribution in [0.25, 0.3) is 10.8 Å². The van der Waals surface area contributed by atoms with Gasteiger partial charge in [-0.05, 0) is 67.3 Å². The van der Waals surface area contributed by atoms with Crippen molar-refractivity contribution in [1.29, 1.82) is 0 Å². The third-order valence-corrected chi connectivity index (χ3v) is 9.10. The summed E-state index contributed by atoms with van der Waals surface area (Å²) in [5.41, 5.74) is 1.96. The zero-order valence-electron chi connectivity index (χ0n) is 27.6. The highest BCUT2D eigenvalue weighted by Crippen LogP contribution is 2.55. The van der Waals surface area contributed by atoms with Gasteiger partial charge in [-0.3, -0.25) is 14.6 Å². The van der Waals surface area contributed by atoms with Crippen LogP contribution in [0.15, 0.2) is 59.6 Å². The quantitative estimate of drug-likeness (QED) is 0.184. The molecule has 44 heavy (non-hydrogen) atoms. The maximum Gasteiger partial charge on any atom is 0.311 e. The molecule has 0 fully saturated rings. The summed E-state index contributed by atoms with van der Waals surface area (Å²) in [5, 5.41) is 1.82. The van der Waals surface area contributed by atoms with Gasteiger partial charge in [0.1, 0.15) is 17.2 Å². The van der Waals surface area contributed by atoms with Gasteiger partial charge in [-0.2, -0.15) is 0 Å². The third-order valence-electron chi connectivity index (χ3n) is 9.10. The van der Waals surface area contributed by atoms with Crippen LogP contribution in [-0.4, -0.2) is 48.4 Å². The van der Waals surface area contributed by atoms with Crippen molar-refractivity contribution in [1.82, 2.24) is 4.90 Å². The van der Waals surface area contributed by atoms with Crippen molar-refractivity contribution < 1.29 is 19.1 Å². The number of esters is 1. The molecule has 5 rings (SSSR count). The summed E-state index contributed by atoms with van der Waals surface area (Å²) < 4.78 is 12.7. The summed E-state index contributed by atoms with van der Waals surface area (Å²) in [6.07, 6.45) is 3.14. The van der Waals surface area contributed by atoms with E-state index >= 15 is 0 Å². The monoisotopic (exact) mass is 597 g/mol. The Hall–Kier alpha value is -3.87. The number of fused-ring (bicyclic) bond motifs is 4. The first-order valence-corrected chi connectivity index (χ1v) is 16.0. The van der Waals surface area contributed by atoms with Crippen LogP contribution >= 0.6 is 0 Å². The molecule has 234 valence electrons. The predicted octanol–water partition coefficient (Wildman–Crippen LogP) is 8.05. The van der Waals surface area contributed by atoms with Crippen molar-refractivity contribution >= 4 is 40.2 Å². The zero-order chi connectivity index (χ0) is 31.9. The molecule has 7 heteroatoms. The summed E-state index contributed by atoms with van der Waals surface area (Å²) in [6, 6.07) is 18.1. The van der Waals surface area contributed by atoms with E-state index in [-0.39, 0.29) is 29.6 Å². The summed E-state index contributed by atoms with van der Waals surface area (Å²) in [6.45, 7) is 19.5. The fourth-order valence-corrected chi connectivity index (χ4v) is 6.39. The molecule has 3 aromatic carbocycles. The van der Waals surface area contributed by atoms with Crippen molar-refractivity contribution in [2.75, 3.05) is 24.5 Å². The Kier molecular flexibility index (Phi) is 8.54. The Morgan fingerprint density at radius 1 is 1.05 bits per heavy atom. The molecule has 1 spiro atoms. The van der Waals surface area contributed by atoms with Gasteiger partial charge in [-0.25, -0.2) is 0 Å². The van der Waals surface area contributed by atoms with Crippen LogP contribution in [0.2, 0.25) is 0 Å².